The van der Waals surface area contributed by atoms with E-state index in [0.29, 0.717) is 43.5 Å². The van der Waals surface area contributed by atoms with E-state index in [2.05, 4.69) is 10.5 Å². The summed E-state index contributed by atoms with van der Waals surface area (Å²) in [6, 6.07) is 9.18. The molecule has 10 nitrogen and oxygen atoms in total. The van der Waals surface area contributed by atoms with Gasteiger partial charge in [-0.3, -0.25) is 15.5 Å². The fraction of sp³-hybridized carbons (Fsp3) is 0.350. The molecule has 2 aliphatic heterocycles. The molecule has 1 N–H and O–H groups in total. The summed E-state index contributed by atoms with van der Waals surface area (Å²) in [4.78, 5) is 10.9. The summed E-state index contributed by atoms with van der Waals surface area (Å²) in [6.45, 7) is 3.55. The molecule has 0 aromatic heterocycles. The summed E-state index contributed by atoms with van der Waals surface area (Å²) in [6.07, 6.45) is 1.57. The predicted octanol–water partition coefficient (Wildman–Crippen LogP) is 2.99. The number of nitrogens with zero attached hydrogens (tertiary/aromatic N) is 3. The minimum atomic E-state index is -3.76. The molecule has 0 radical (unpaired) electrons. The van der Waals surface area contributed by atoms with Crippen molar-refractivity contribution in [3.05, 3.63) is 52.1 Å². The number of hydrazone groups is 1. The number of nitrogens with one attached hydrogen (secondary N) is 1. The second kappa shape index (κ2) is 8.52. The quantitative estimate of drug-likeness (QED) is 0.411. The molecule has 0 unspecified atom stereocenters. The van der Waals surface area contributed by atoms with Gasteiger partial charge in [-0.1, -0.05) is 0 Å². The highest BCUT2D eigenvalue weighted by Crippen LogP contribution is 2.32. The predicted molar refractivity (Wildman–Crippen MR) is 114 cm³/mol. The summed E-state index contributed by atoms with van der Waals surface area (Å²) in [7, 11) is -3.76. The Bertz CT molecular complexity index is 1140. The number of anilines is 1. The van der Waals surface area contributed by atoms with Crippen molar-refractivity contribution in [2.24, 2.45) is 5.10 Å². The van der Waals surface area contributed by atoms with E-state index in [1.807, 2.05) is 6.07 Å². The van der Waals surface area contributed by atoms with E-state index < -0.39 is 14.9 Å². The molecular formula is C20H22N4O6S. The molecule has 2 aliphatic rings. The largest absolute Gasteiger partial charge is 0.486 e. The molecule has 2 aromatic carbocycles. The Morgan fingerprint density at radius 3 is 2.52 bits per heavy atom. The van der Waals surface area contributed by atoms with Gasteiger partial charge >= 0.3 is 0 Å². The SMILES string of the molecule is CC(=NNc1ccc(S(=O)(=O)N2CCCC2)cc1[N+](=O)[O-])c1ccc2c(c1)OCCO2. The lowest BCUT2D eigenvalue weighted by atomic mass is 10.1. The number of nitro benzene ring substituents is 1. The lowest BCUT2D eigenvalue weighted by molar-refractivity contribution is -0.384. The number of benzene rings is 2. The Morgan fingerprint density at radius 2 is 1.81 bits per heavy atom. The summed E-state index contributed by atoms with van der Waals surface area (Å²) in [5.74, 6) is 1.27. The van der Waals surface area contributed by atoms with Gasteiger partial charge in [0.05, 0.1) is 15.5 Å². The summed E-state index contributed by atoms with van der Waals surface area (Å²) < 4.78 is 37.9. The Hall–Kier alpha value is -3.18. The Kier molecular flexibility index (Phi) is 5.79. The van der Waals surface area contributed by atoms with Crippen LogP contribution in [0.4, 0.5) is 11.4 Å². The van der Waals surface area contributed by atoms with Crippen molar-refractivity contribution in [1.82, 2.24) is 4.31 Å². The van der Waals surface area contributed by atoms with E-state index in [9.17, 15) is 18.5 Å². The van der Waals surface area contributed by atoms with E-state index in [-0.39, 0.29) is 16.3 Å². The smallest absolute Gasteiger partial charge is 0.295 e. The Labute approximate surface area is 179 Å². The van der Waals surface area contributed by atoms with Crippen LogP contribution >= 0.6 is 0 Å². The maximum Gasteiger partial charge on any atom is 0.295 e. The average molecular weight is 446 g/mol. The van der Waals surface area contributed by atoms with Crippen molar-refractivity contribution < 1.29 is 22.8 Å². The van der Waals surface area contributed by atoms with Crippen molar-refractivity contribution in [2.75, 3.05) is 31.7 Å². The highest BCUT2D eigenvalue weighted by molar-refractivity contribution is 7.89. The van der Waals surface area contributed by atoms with Crippen LogP contribution in [0.15, 0.2) is 46.4 Å². The lowest BCUT2D eigenvalue weighted by Gasteiger charge is -2.18. The highest BCUT2D eigenvalue weighted by atomic mass is 32.2. The summed E-state index contributed by atoms with van der Waals surface area (Å²) in [5.41, 5.74) is 3.75. The maximum atomic E-state index is 12.7. The number of fused-ring (bicyclic) bond motifs is 1. The van der Waals surface area contributed by atoms with E-state index in [0.717, 1.165) is 24.5 Å². The zero-order valence-corrected chi connectivity index (χ0v) is 17.7. The van der Waals surface area contributed by atoms with Crippen LogP contribution in [0.5, 0.6) is 11.5 Å². The van der Waals surface area contributed by atoms with Gasteiger partial charge in [0.2, 0.25) is 10.0 Å². The Morgan fingerprint density at radius 1 is 1.10 bits per heavy atom. The number of rotatable bonds is 6. The zero-order chi connectivity index (χ0) is 22.0. The van der Waals surface area contributed by atoms with E-state index >= 15 is 0 Å². The standard InChI is InChI=1S/C20H22N4O6S/c1-14(15-4-7-19-20(12-15)30-11-10-29-19)21-22-17-6-5-16(13-18(17)24(25)26)31(27,28)23-8-2-3-9-23/h4-7,12-13,22H,2-3,8-11H2,1H3. The molecule has 31 heavy (non-hydrogen) atoms. The van der Waals surface area contributed by atoms with Gasteiger partial charge in [-0.05, 0) is 50.1 Å². The molecule has 164 valence electrons. The van der Waals surface area contributed by atoms with Crippen LogP contribution in [0.1, 0.15) is 25.3 Å². The van der Waals surface area contributed by atoms with Gasteiger partial charge in [0.25, 0.3) is 5.69 Å². The van der Waals surface area contributed by atoms with Crippen LogP contribution in [-0.2, 0) is 10.0 Å². The van der Waals surface area contributed by atoms with Crippen LogP contribution in [0.3, 0.4) is 0 Å². The van der Waals surface area contributed by atoms with E-state index in [1.54, 1.807) is 19.1 Å². The van der Waals surface area contributed by atoms with Crippen molar-refractivity contribution in [3.63, 3.8) is 0 Å². The molecule has 11 heteroatoms. The van der Waals surface area contributed by atoms with Gasteiger partial charge < -0.3 is 9.47 Å². The maximum absolute atomic E-state index is 12.7. The molecule has 0 bridgehead atoms. The van der Waals surface area contributed by atoms with Crippen molar-refractivity contribution in [1.29, 1.82) is 0 Å². The van der Waals surface area contributed by atoms with E-state index in [1.165, 1.54) is 16.4 Å². The van der Waals surface area contributed by atoms with Crippen molar-refractivity contribution in [2.45, 2.75) is 24.7 Å². The van der Waals surface area contributed by atoms with Crippen LogP contribution in [0.2, 0.25) is 0 Å². The van der Waals surface area contributed by atoms with Crippen molar-refractivity contribution in [3.8, 4) is 11.5 Å². The number of sulfonamides is 1. The molecule has 1 saturated heterocycles. The normalized spacial score (nSPS) is 16.9. The van der Waals surface area contributed by atoms with Crippen LogP contribution < -0.4 is 14.9 Å². The number of hydrogen-bond donors (Lipinski definition) is 1. The minimum absolute atomic E-state index is 0.0980. The van der Waals surface area contributed by atoms with Crippen LogP contribution in [-0.4, -0.2) is 49.7 Å². The summed E-state index contributed by atoms with van der Waals surface area (Å²) in [5, 5.41) is 15.8. The van der Waals surface area contributed by atoms with Gasteiger partial charge in [-0.2, -0.15) is 9.41 Å². The molecule has 0 amide bonds. The number of nitro groups is 1. The van der Waals surface area contributed by atoms with Gasteiger partial charge in [-0.15, -0.1) is 0 Å². The highest BCUT2D eigenvalue weighted by Gasteiger charge is 2.29. The van der Waals surface area contributed by atoms with Crippen LogP contribution in [0, 0.1) is 10.1 Å². The molecule has 0 spiro atoms. The van der Waals surface area contributed by atoms with Gasteiger partial charge in [0, 0.05) is 24.7 Å². The summed E-state index contributed by atoms with van der Waals surface area (Å²) >= 11 is 0. The minimum Gasteiger partial charge on any atom is -0.486 e. The van der Waals surface area contributed by atoms with Crippen molar-refractivity contribution >= 4 is 27.1 Å². The first-order valence-electron chi connectivity index (χ1n) is 9.85. The number of ether oxygens (including phenoxy) is 2. The topological polar surface area (TPSA) is 123 Å². The second-order valence-electron chi connectivity index (χ2n) is 7.21. The fourth-order valence-electron chi connectivity index (χ4n) is 3.47. The molecule has 1 fully saturated rings. The average Bonchev–Trinajstić information content (AvgIpc) is 3.33. The molecule has 0 saturated carbocycles. The first kappa shape index (κ1) is 21.1. The molecular weight excluding hydrogens is 424 g/mol. The molecule has 0 atom stereocenters. The third kappa shape index (κ3) is 4.32. The number of hydrogen-bond acceptors (Lipinski definition) is 8. The monoisotopic (exact) mass is 446 g/mol. The third-order valence-corrected chi connectivity index (χ3v) is 7.07. The van der Waals surface area contributed by atoms with Gasteiger partial charge in [-0.25, -0.2) is 8.42 Å². The van der Waals surface area contributed by atoms with Gasteiger partial charge in [0.15, 0.2) is 11.5 Å². The molecule has 2 aromatic rings. The van der Waals surface area contributed by atoms with Gasteiger partial charge in [0.1, 0.15) is 18.9 Å². The second-order valence-corrected chi connectivity index (χ2v) is 9.15. The first-order valence-corrected chi connectivity index (χ1v) is 11.3. The first-order chi connectivity index (χ1) is 14.9. The zero-order valence-electron chi connectivity index (χ0n) is 16.9. The Balaban J connectivity index is 1.58. The lowest BCUT2D eigenvalue weighted by Crippen LogP contribution is -2.27. The van der Waals surface area contributed by atoms with E-state index in [4.69, 9.17) is 9.47 Å². The molecule has 0 aliphatic carbocycles. The molecule has 2 heterocycles. The fourth-order valence-corrected chi connectivity index (χ4v) is 5.01. The third-order valence-electron chi connectivity index (χ3n) is 5.17. The van der Waals surface area contributed by atoms with Crippen LogP contribution in [0.25, 0.3) is 0 Å². The molecule has 4 rings (SSSR count).